The summed E-state index contributed by atoms with van der Waals surface area (Å²) in [7, 11) is 1.26. The largest absolute Gasteiger partial charge is 0.465 e. The highest BCUT2D eigenvalue weighted by Gasteiger charge is 2.16. The average Bonchev–Trinajstić information content (AvgIpc) is 2.46. The Morgan fingerprint density at radius 2 is 2.20 bits per heavy atom. The van der Waals surface area contributed by atoms with Gasteiger partial charge in [0.2, 0.25) is 0 Å². The summed E-state index contributed by atoms with van der Waals surface area (Å²) in [5.41, 5.74) is 6.24. The van der Waals surface area contributed by atoms with Crippen LogP contribution in [0.1, 0.15) is 22.3 Å². The standard InChI is InChI=1S/C13H19N3O4/c1-20-13(17)12-9-11(16(18)19)5-4-10(12)3-2-7-15-8-6-14/h4-5,9,15H,2-3,6-8,14H2,1H3. The Morgan fingerprint density at radius 1 is 1.45 bits per heavy atom. The van der Waals surface area contributed by atoms with Crippen molar-refractivity contribution in [3.63, 3.8) is 0 Å². The fraction of sp³-hybridized carbons (Fsp3) is 0.462. The van der Waals surface area contributed by atoms with Gasteiger partial charge in [0.25, 0.3) is 5.69 Å². The fourth-order valence-corrected chi connectivity index (χ4v) is 1.83. The van der Waals surface area contributed by atoms with Crippen LogP contribution in [0.15, 0.2) is 18.2 Å². The lowest BCUT2D eigenvalue weighted by molar-refractivity contribution is -0.384. The molecule has 0 fully saturated rings. The lowest BCUT2D eigenvalue weighted by Gasteiger charge is -2.08. The van der Waals surface area contributed by atoms with Crippen LogP contribution in [0.25, 0.3) is 0 Å². The second-order valence-electron chi connectivity index (χ2n) is 4.23. The molecule has 3 N–H and O–H groups in total. The van der Waals surface area contributed by atoms with Gasteiger partial charge in [-0.1, -0.05) is 6.07 Å². The Kier molecular flexibility index (Phi) is 6.61. The highest BCUT2D eigenvalue weighted by atomic mass is 16.6. The van der Waals surface area contributed by atoms with Gasteiger partial charge in [0.15, 0.2) is 0 Å². The summed E-state index contributed by atoms with van der Waals surface area (Å²) in [6.07, 6.45) is 1.45. The zero-order valence-electron chi connectivity index (χ0n) is 11.4. The number of hydrogen-bond donors (Lipinski definition) is 2. The minimum Gasteiger partial charge on any atom is -0.465 e. The molecule has 0 atom stereocenters. The summed E-state index contributed by atoms with van der Waals surface area (Å²) in [5, 5.41) is 13.9. The molecule has 0 aliphatic rings. The third-order valence-electron chi connectivity index (χ3n) is 2.83. The minimum atomic E-state index is -0.557. The predicted octanol–water partition coefficient (Wildman–Crippen LogP) is 0.862. The van der Waals surface area contributed by atoms with Crippen LogP contribution in [0.4, 0.5) is 5.69 Å². The van der Waals surface area contributed by atoms with Crippen LogP contribution >= 0.6 is 0 Å². The number of aryl methyl sites for hydroxylation is 1. The monoisotopic (exact) mass is 281 g/mol. The number of methoxy groups -OCH3 is 1. The van der Waals surface area contributed by atoms with Crippen molar-refractivity contribution in [1.82, 2.24) is 5.32 Å². The molecule has 1 aromatic rings. The van der Waals surface area contributed by atoms with Crippen molar-refractivity contribution in [2.24, 2.45) is 5.73 Å². The number of nitrogens with one attached hydrogen (secondary N) is 1. The number of non-ortho nitro benzene ring substituents is 1. The van der Waals surface area contributed by atoms with E-state index in [4.69, 9.17) is 5.73 Å². The van der Waals surface area contributed by atoms with Gasteiger partial charge in [0.1, 0.15) is 0 Å². The molecule has 0 heterocycles. The Labute approximate surface area is 117 Å². The molecular formula is C13H19N3O4. The lowest BCUT2D eigenvalue weighted by atomic mass is 10.0. The third kappa shape index (κ3) is 4.60. The first-order chi connectivity index (χ1) is 9.60. The van der Waals surface area contributed by atoms with E-state index in [0.29, 0.717) is 13.0 Å². The van der Waals surface area contributed by atoms with Crippen molar-refractivity contribution in [3.05, 3.63) is 39.4 Å². The molecule has 0 bridgehead atoms. The molecule has 110 valence electrons. The maximum atomic E-state index is 11.7. The Hall–Kier alpha value is -1.99. The number of carbonyl (C=O) groups is 1. The van der Waals surface area contributed by atoms with Crippen LogP contribution in [0, 0.1) is 10.1 Å². The van der Waals surface area contributed by atoms with Gasteiger partial charge < -0.3 is 15.8 Å². The maximum Gasteiger partial charge on any atom is 0.338 e. The molecule has 0 amide bonds. The van der Waals surface area contributed by atoms with E-state index in [2.05, 4.69) is 10.1 Å². The molecule has 0 unspecified atom stereocenters. The number of nitrogens with zero attached hydrogens (tertiary/aromatic N) is 1. The SMILES string of the molecule is COC(=O)c1cc([N+](=O)[O-])ccc1CCCNCCN. The van der Waals surface area contributed by atoms with E-state index >= 15 is 0 Å². The van der Waals surface area contributed by atoms with Crippen molar-refractivity contribution in [3.8, 4) is 0 Å². The smallest absolute Gasteiger partial charge is 0.338 e. The van der Waals surface area contributed by atoms with E-state index in [-0.39, 0.29) is 11.3 Å². The predicted molar refractivity (Wildman–Crippen MR) is 74.7 cm³/mol. The molecule has 1 rings (SSSR count). The van der Waals surface area contributed by atoms with Crippen molar-refractivity contribution in [2.45, 2.75) is 12.8 Å². The molecule has 0 aromatic heterocycles. The Balaban J connectivity index is 2.78. The summed E-state index contributed by atoms with van der Waals surface area (Å²) in [6, 6.07) is 4.26. The van der Waals surface area contributed by atoms with Gasteiger partial charge in [-0.25, -0.2) is 4.79 Å². The van der Waals surface area contributed by atoms with Gasteiger partial charge in [-0.3, -0.25) is 10.1 Å². The molecule has 0 saturated carbocycles. The molecule has 1 aromatic carbocycles. The summed E-state index contributed by atoms with van der Waals surface area (Å²) in [6.45, 7) is 2.09. The first-order valence-corrected chi connectivity index (χ1v) is 6.36. The number of nitrogens with two attached hydrogens (primary N) is 1. The van der Waals surface area contributed by atoms with E-state index in [1.54, 1.807) is 6.07 Å². The number of esters is 1. The summed E-state index contributed by atoms with van der Waals surface area (Å²) in [4.78, 5) is 21.9. The van der Waals surface area contributed by atoms with Crippen molar-refractivity contribution in [2.75, 3.05) is 26.7 Å². The number of carbonyl (C=O) groups excluding carboxylic acids is 1. The van der Waals surface area contributed by atoms with Gasteiger partial charge in [0, 0.05) is 25.2 Å². The highest BCUT2D eigenvalue weighted by Crippen LogP contribution is 2.20. The normalized spacial score (nSPS) is 10.3. The number of nitro groups is 1. The molecule has 7 heteroatoms. The Bertz CT molecular complexity index is 477. The minimum absolute atomic E-state index is 0.115. The van der Waals surface area contributed by atoms with E-state index in [9.17, 15) is 14.9 Å². The zero-order valence-corrected chi connectivity index (χ0v) is 11.4. The molecule has 7 nitrogen and oxygen atoms in total. The van der Waals surface area contributed by atoms with E-state index < -0.39 is 10.9 Å². The molecule has 0 aliphatic carbocycles. The number of benzene rings is 1. The average molecular weight is 281 g/mol. The summed E-state index contributed by atoms with van der Waals surface area (Å²) in [5.74, 6) is -0.557. The lowest BCUT2D eigenvalue weighted by Crippen LogP contribution is -2.23. The summed E-state index contributed by atoms with van der Waals surface area (Å²) >= 11 is 0. The van der Waals surface area contributed by atoms with Crippen LogP contribution in [-0.2, 0) is 11.2 Å². The zero-order chi connectivity index (χ0) is 15.0. The first-order valence-electron chi connectivity index (χ1n) is 6.36. The van der Waals surface area contributed by atoms with Gasteiger partial charge in [-0.2, -0.15) is 0 Å². The second kappa shape index (κ2) is 8.23. The fourth-order valence-electron chi connectivity index (χ4n) is 1.83. The molecular weight excluding hydrogens is 262 g/mol. The number of hydrogen-bond acceptors (Lipinski definition) is 6. The third-order valence-corrected chi connectivity index (χ3v) is 2.83. The number of nitro benzene ring substituents is 1. The molecule has 20 heavy (non-hydrogen) atoms. The van der Waals surface area contributed by atoms with Gasteiger partial charge in [0.05, 0.1) is 17.6 Å². The summed E-state index contributed by atoms with van der Waals surface area (Å²) < 4.78 is 4.66. The molecule has 0 saturated heterocycles. The van der Waals surface area contributed by atoms with Crippen LogP contribution in [0.5, 0.6) is 0 Å². The number of ether oxygens (including phenoxy) is 1. The Morgan fingerprint density at radius 3 is 2.80 bits per heavy atom. The quantitative estimate of drug-likeness (QED) is 0.317. The van der Waals surface area contributed by atoms with E-state index in [1.165, 1.54) is 19.2 Å². The van der Waals surface area contributed by atoms with Crippen LogP contribution < -0.4 is 11.1 Å². The topological polar surface area (TPSA) is 107 Å². The van der Waals surface area contributed by atoms with Crippen molar-refractivity contribution in [1.29, 1.82) is 0 Å². The van der Waals surface area contributed by atoms with Crippen molar-refractivity contribution >= 4 is 11.7 Å². The maximum absolute atomic E-state index is 11.7. The van der Waals surface area contributed by atoms with Crippen LogP contribution in [0.3, 0.4) is 0 Å². The highest BCUT2D eigenvalue weighted by molar-refractivity contribution is 5.91. The van der Waals surface area contributed by atoms with Gasteiger partial charge in [-0.15, -0.1) is 0 Å². The van der Waals surface area contributed by atoms with Crippen LogP contribution in [0.2, 0.25) is 0 Å². The second-order valence-corrected chi connectivity index (χ2v) is 4.23. The molecule has 0 aliphatic heterocycles. The van der Waals surface area contributed by atoms with E-state index in [1.807, 2.05) is 0 Å². The molecule has 0 spiro atoms. The first kappa shape index (κ1) is 16.1. The van der Waals surface area contributed by atoms with Crippen molar-refractivity contribution < 1.29 is 14.5 Å². The van der Waals surface area contributed by atoms with Crippen LogP contribution in [-0.4, -0.2) is 37.6 Å². The molecule has 0 radical (unpaired) electrons. The van der Waals surface area contributed by atoms with E-state index in [0.717, 1.165) is 25.1 Å². The number of rotatable bonds is 8. The van der Waals surface area contributed by atoms with Gasteiger partial charge in [-0.05, 0) is 24.9 Å². The van der Waals surface area contributed by atoms with Gasteiger partial charge >= 0.3 is 5.97 Å².